The molecule has 5 nitrogen and oxygen atoms in total. The van der Waals surface area contributed by atoms with Crippen LogP contribution in [-0.4, -0.2) is 53.4 Å². The predicted molar refractivity (Wildman–Crippen MR) is 41.4 cm³/mol. The van der Waals surface area contributed by atoms with Crippen LogP contribution in [0.1, 0.15) is 0 Å². The maximum Gasteiger partial charge on any atom is 0.109 e. The van der Waals surface area contributed by atoms with E-state index in [1.54, 1.807) is 0 Å². The third kappa shape index (κ3) is 1.75. The molecule has 0 bridgehead atoms. The molecule has 1 fully saturated rings. The number of ether oxygens (including phenoxy) is 1. The Balaban J connectivity index is 2.52. The lowest BCUT2D eigenvalue weighted by atomic mass is 9.93. The number of hydrogen-bond donors (Lipinski definition) is 4. The Morgan fingerprint density at radius 3 is 2.50 bits per heavy atom. The molecule has 0 aliphatic carbocycles. The van der Waals surface area contributed by atoms with Crippen molar-refractivity contribution in [2.45, 2.75) is 18.3 Å². The molecule has 4 atom stereocenters. The van der Waals surface area contributed by atoms with Crippen LogP contribution in [0.5, 0.6) is 0 Å². The highest BCUT2D eigenvalue weighted by Crippen LogP contribution is 2.19. The van der Waals surface area contributed by atoms with Crippen molar-refractivity contribution in [3.05, 3.63) is 0 Å². The van der Waals surface area contributed by atoms with Crippen LogP contribution in [0.4, 0.5) is 0 Å². The lowest BCUT2D eigenvalue weighted by Crippen LogP contribution is -2.53. The van der Waals surface area contributed by atoms with Gasteiger partial charge in [-0.25, -0.2) is 0 Å². The highest BCUT2D eigenvalue weighted by atomic mass is 16.5. The summed E-state index contributed by atoms with van der Waals surface area (Å²) in [5, 5.41) is 27.5. The lowest BCUT2D eigenvalue weighted by Gasteiger charge is -2.36. The Bertz CT molecular complexity index is 127. The fourth-order valence-electron chi connectivity index (χ4n) is 1.31. The van der Waals surface area contributed by atoms with E-state index >= 15 is 0 Å². The van der Waals surface area contributed by atoms with Crippen LogP contribution < -0.4 is 5.73 Å². The van der Waals surface area contributed by atoms with Crippen molar-refractivity contribution in [2.75, 3.05) is 19.8 Å². The van der Waals surface area contributed by atoms with Crippen molar-refractivity contribution in [3.8, 4) is 0 Å². The largest absolute Gasteiger partial charge is 0.394 e. The van der Waals surface area contributed by atoms with Crippen LogP contribution in [0, 0.1) is 5.92 Å². The Hall–Kier alpha value is -0.200. The van der Waals surface area contributed by atoms with Gasteiger partial charge in [-0.15, -0.1) is 0 Å². The predicted octanol–water partition coefficient (Wildman–Crippen LogP) is -2.33. The molecule has 1 aliphatic heterocycles. The molecule has 0 radical (unpaired) electrons. The van der Waals surface area contributed by atoms with Gasteiger partial charge >= 0.3 is 0 Å². The number of rotatable bonds is 2. The van der Waals surface area contributed by atoms with Gasteiger partial charge < -0.3 is 25.8 Å². The molecule has 0 aromatic rings. The molecule has 0 amide bonds. The molecule has 1 aliphatic rings. The molecular formula is C7H15NO4. The Morgan fingerprint density at radius 1 is 1.33 bits per heavy atom. The van der Waals surface area contributed by atoms with Crippen molar-refractivity contribution in [1.29, 1.82) is 0 Å². The zero-order valence-electron chi connectivity index (χ0n) is 6.76. The molecule has 1 rings (SSSR count). The fourth-order valence-corrected chi connectivity index (χ4v) is 1.31. The Morgan fingerprint density at radius 2 is 2.00 bits per heavy atom. The summed E-state index contributed by atoms with van der Waals surface area (Å²) >= 11 is 0. The molecule has 0 aromatic heterocycles. The molecule has 72 valence electrons. The molecule has 1 saturated heterocycles. The number of aliphatic hydroxyl groups is 3. The van der Waals surface area contributed by atoms with Crippen LogP contribution in [-0.2, 0) is 4.74 Å². The summed E-state index contributed by atoms with van der Waals surface area (Å²) in [6.45, 7) is 0.284. The smallest absolute Gasteiger partial charge is 0.109 e. The van der Waals surface area contributed by atoms with E-state index in [9.17, 15) is 10.2 Å². The van der Waals surface area contributed by atoms with E-state index in [1.807, 2.05) is 0 Å². The van der Waals surface area contributed by atoms with Crippen LogP contribution in [0.25, 0.3) is 0 Å². The molecule has 5 N–H and O–H groups in total. The van der Waals surface area contributed by atoms with Crippen molar-refractivity contribution >= 4 is 0 Å². The van der Waals surface area contributed by atoms with Gasteiger partial charge in [0.15, 0.2) is 0 Å². The first-order chi connectivity index (χ1) is 5.70. The minimum atomic E-state index is -1.03. The lowest BCUT2D eigenvalue weighted by molar-refractivity contribution is -0.172. The van der Waals surface area contributed by atoms with Crippen molar-refractivity contribution in [2.24, 2.45) is 11.7 Å². The van der Waals surface area contributed by atoms with Gasteiger partial charge in [0.05, 0.1) is 19.3 Å². The van der Waals surface area contributed by atoms with Gasteiger partial charge in [-0.2, -0.15) is 0 Å². The third-order valence-corrected chi connectivity index (χ3v) is 2.22. The highest BCUT2D eigenvalue weighted by molar-refractivity contribution is 4.86. The number of aliphatic hydroxyl groups excluding tert-OH is 3. The van der Waals surface area contributed by atoms with Gasteiger partial charge in [0.1, 0.15) is 12.2 Å². The van der Waals surface area contributed by atoms with Crippen LogP contribution in [0.2, 0.25) is 0 Å². The molecule has 0 saturated carbocycles. The second-order valence-electron chi connectivity index (χ2n) is 3.03. The number of nitrogens with two attached hydrogens (primary N) is 1. The highest BCUT2D eigenvalue weighted by Gasteiger charge is 2.36. The van der Waals surface area contributed by atoms with E-state index in [1.165, 1.54) is 0 Å². The SMILES string of the molecule is NC[C@H]1CO[C@H](CO)[C@H](O)[C@@H]1O. The van der Waals surface area contributed by atoms with E-state index in [0.717, 1.165) is 0 Å². The summed E-state index contributed by atoms with van der Waals surface area (Å²) in [6, 6.07) is 0. The minimum absolute atomic E-state index is 0.234. The molecule has 0 aromatic carbocycles. The average Bonchev–Trinajstić information content (AvgIpc) is 2.10. The Kier molecular flexibility index (Phi) is 3.42. The van der Waals surface area contributed by atoms with Crippen LogP contribution in [0.15, 0.2) is 0 Å². The van der Waals surface area contributed by atoms with Crippen LogP contribution >= 0.6 is 0 Å². The summed E-state index contributed by atoms with van der Waals surface area (Å²) in [6.07, 6.45) is -2.60. The van der Waals surface area contributed by atoms with Crippen molar-refractivity contribution < 1.29 is 20.1 Å². The van der Waals surface area contributed by atoms with E-state index in [2.05, 4.69) is 0 Å². The summed E-state index contributed by atoms with van der Waals surface area (Å²) < 4.78 is 5.07. The average molecular weight is 177 g/mol. The van der Waals surface area contributed by atoms with Gasteiger partial charge in [0.2, 0.25) is 0 Å². The molecule has 0 spiro atoms. The second-order valence-corrected chi connectivity index (χ2v) is 3.03. The van der Waals surface area contributed by atoms with Crippen molar-refractivity contribution in [3.63, 3.8) is 0 Å². The standard InChI is InChI=1S/C7H15NO4/c8-1-4-3-12-5(2-9)7(11)6(4)10/h4-7,9-11H,1-3,8H2/t4-,5+,6+,7-/m0/s1. The first kappa shape index (κ1) is 9.88. The number of hydrogen-bond acceptors (Lipinski definition) is 5. The van der Waals surface area contributed by atoms with E-state index in [4.69, 9.17) is 15.6 Å². The summed E-state index contributed by atoms with van der Waals surface area (Å²) in [5.41, 5.74) is 5.33. The molecule has 1 heterocycles. The zero-order valence-corrected chi connectivity index (χ0v) is 6.76. The first-order valence-electron chi connectivity index (χ1n) is 3.99. The van der Waals surface area contributed by atoms with Gasteiger partial charge in [-0.1, -0.05) is 0 Å². The van der Waals surface area contributed by atoms with Gasteiger partial charge in [-0.05, 0) is 6.54 Å². The zero-order chi connectivity index (χ0) is 9.14. The maximum absolute atomic E-state index is 9.42. The molecule has 0 unspecified atom stereocenters. The minimum Gasteiger partial charge on any atom is -0.394 e. The Labute approximate surface area is 70.8 Å². The third-order valence-electron chi connectivity index (χ3n) is 2.22. The molecule has 12 heavy (non-hydrogen) atoms. The summed E-state index contributed by atoms with van der Waals surface area (Å²) in [5.74, 6) is -0.234. The topological polar surface area (TPSA) is 95.9 Å². The van der Waals surface area contributed by atoms with Gasteiger partial charge in [0, 0.05) is 5.92 Å². The van der Waals surface area contributed by atoms with Gasteiger partial charge in [0.25, 0.3) is 0 Å². The second kappa shape index (κ2) is 4.15. The quantitative estimate of drug-likeness (QED) is 0.379. The van der Waals surface area contributed by atoms with Crippen molar-refractivity contribution in [1.82, 2.24) is 0 Å². The van der Waals surface area contributed by atoms with Crippen LogP contribution in [0.3, 0.4) is 0 Å². The summed E-state index contributed by atoms with van der Waals surface area (Å²) in [4.78, 5) is 0. The maximum atomic E-state index is 9.42. The molecular weight excluding hydrogens is 162 g/mol. The fraction of sp³-hybridized carbons (Fsp3) is 1.00. The molecule has 5 heteroatoms. The van der Waals surface area contributed by atoms with Gasteiger partial charge in [-0.3, -0.25) is 0 Å². The summed E-state index contributed by atoms with van der Waals surface area (Å²) in [7, 11) is 0. The normalized spacial score (nSPS) is 43.0. The first-order valence-corrected chi connectivity index (χ1v) is 3.99. The van der Waals surface area contributed by atoms with E-state index in [0.29, 0.717) is 6.61 Å². The van der Waals surface area contributed by atoms with E-state index < -0.39 is 18.3 Å². The van der Waals surface area contributed by atoms with E-state index in [-0.39, 0.29) is 19.1 Å². The monoisotopic (exact) mass is 177 g/mol.